The van der Waals surface area contributed by atoms with Gasteiger partial charge in [-0.3, -0.25) is 4.79 Å². The van der Waals surface area contributed by atoms with Gasteiger partial charge in [-0.1, -0.05) is 41.1 Å². The van der Waals surface area contributed by atoms with Crippen molar-refractivity contribution >= 4 is 54.2 Å². The maximum Gasteiger partial charge on any atom is 0.243 e. The molecule has 1 aliphatic heterocycles. The third-order valence-electron chi connectivity index (χ3n) is 5.72. The number of fused-ring (bicyclic) bond motifs is 1. The molecule has 1 saturated heterocycles. The highest BCUT2D eigenvalue weighted by molar-refractivity contribution is 7.89. The van der Waals surface area contributed by atoms with Gasteiger partial charge < -0.3 is 5.32 Å². The smallest absolute Gasteiger partial charge is 0.243 e. The predicted octanol–water partition coefficient (Wildman–Crippen LogP) is 4.48. The van der Waals surface area contributed by atoms with Crippen molar-refractivity contribution in [3.8, 4) is 0 Å². The van der Waals surface area contributed by atoms with Gasteiger partial charge in [-0.05, 0) is 55.0 Å². The first-order chi connectivity index (χ1) is 14.4. The quantitative estimate of drug-likeness (QED) is 0.607. The number of nitrogens with zero attached hydrogens (tertiary/aromatic N) is 2. The second-order valence-electron chi connectivity index (χ2n) is 7.72. The standard InChI is InChI=1S/C21H20ClN3O3S2/c22-17-6-2-1-5-14(17)15-12-16(15)20(26)24-21-23-18-8-7-13(11-19(18)29-21)30(27,28)25-9-3-4-10-25/h1-2,5-8,11,15-16H,3-4,9-10,12H2,(H,23,24,26). The highest BCUT2D eigenvalue weighted by atomic mass is 35.5. The van der Waals surface area contributed by atoms with E-state index in [9.17, 15) is 13.2 Å². The number of carbonyl (C=O) groups excluding carboxylic acids is 1. The van der Waals surface area contributed by atoms with E-state index in [-0.39, 0.29) is 22.6 Å². The van der Waals surface area contributed by atoms with Gasteiger partial charge in [0.15, 0.2) is 5.13 Å². The molecule has 1 aliphatic carbocycles. The summed E-state index contributed by atoms with van der Waals surface area (Å²) in [4.78, 5) is 17.4. The highest BCUT2D eigenvalue weighted by Gasteiger charge is 2.45. The largest absolute Gasteiger partial charge is 0.302 e. The Morgan fingerprint density at radius 1 is 1.17 bits per heavy atom. The lowest BCUT2D eigenvalue weighted by Crippen LogP contribution is -2.27. The maximum atomic E-state index is 12.8. The number of benzene rings is 2. The summed E-state index contributed by atoms with van der Waals surface area (Å²) in [6.07, 6.45) is 2.56. The molecule has 1 aromatic heterocycles. The number of hydrogen-bond donors (Lipinski definition) is 1. The number of sulfonamides is 1. The molecule has 0 spiro atoms. The molecule has 2 unspecified atom stereocenters. The molecular formula is C21H20ClN3O3S2. The lowest BCUT2D eigenvalue weighted by molar-refractivity contribution is -0.117. The second-order valence-corrected chi connectivity index (χ2v) is 11.1. The van der Waals surface area contributed by atoms with Crippen LogP contribution >= 0.6 is 22.9 Å². The molecule has 2 aliphatic rings. The molecule has 1 N–H and O–H groups in total. The van der Waals surface area contributed by atoms with Crippen LogP contribution in [0.25, 0.3) is 10.2 Å². The van der Waals surface area contributed by atoms with E-state index in [0.29, 0.717) is 28.8 Å². The van der Waals surface area contributed by atoms with E-state index in [1.165, 1.54) is 15.6 Å². The number of thiazole rings is 1. The Bertz CT molecular complexity index is 1240. The van der Waals surface area contributed by atoms with Gasteiger partial charge in [0.2, 0.25) is 15.9 Å². The molecule has 30 heavy (non-hydrogen) atoms. The lowest BCUT2D eigenvalue weighted by atomic mass is 10.1. The summed E-state index contributed by atoms with van der Waals surface area (Å²) >= 11 is 7.54. The Morgan fingerprint density at radius 2 is 1.93 bits per heavy atom. The molecule has 3 aromatic rings. The van der Waals surface area contributed by atoms with Crippen LogP contribution in [0.3, 0.4) is 0 Å². The second kappa shape index (κ2) is 7.60. The molecule has 5 rings (SSSR count). The van der Waals surface area contributed by atoms with E-state index in [4.69, 9.17) is 11.6 Å². The van der Waals surface area contributed by atoms with Crippen molar-refractivity contribution in [2.24, 2.45) is 5.92 Å². The minimum Gasteiger partial charge on any atom is -0.302 e. The summed E-state index contributed by atoms with van der Waals surface area (Å²) < 4.78 is 27.8. The fourth-order valence-electron chi connectivity index (χ4n) is 4.00. The summed E-state index contributed by atoms with van der Waals surface area (Å²) in [5.74, 6) is -0.0720. The van der Waals surface area contributed by atoms with Crippen molar-refractivity contribution in [1.29, 1.82) is 0 Å². The van der Waals surface area contributed by atoms with Gasteiger partial charge in [0.05, 0.1) is 15.1 Å². The van der Waals surface area contributed by atoms with E-state index in [0.717, 1.165) is 29.5 Å². The van der Waals surface area contributed by atoms with Crippen LogP contribution in [0, 0.1) is 5.92 Å². The number of hydrogen-bond acceptors (Lipinski definition) is 5. The Morgan fingerprint density at radius 3 is 2.70 bits per heavy atom. The number of halogens is 1. The zero-order chi connectivity index (χ0) is 20.9. The van der Waals surface area contributed by atoms with Crippen molar-refractivity contribution in [2.75, 3.05) is 18.4 Å². The zero-order valence-corrected chi connectivity index (χ0v) is 18.4. The Hall–Kier alpha value is -2.00. The van der Waals surface area contributed by atoms with E-state index in [1.54, 1.807) is 18.2 Å². The van der Waals surface area contributed by atoms with Gasteiger partial charge in [0.25, 0.3) is 0 Å². The van der Waals surface area contributed by atoms with Crippen molar-refractivity contribution in [1.82, 2.24) is 9.29 Å². The van der Waals surface area contributed by atoms with Crippen molar-refractivity contribution < 1.29 is 13.2 Å². The average Bonchev–Trinajstić information content (AvgIpc) is 3.12. The molecule has 1 saturated carbocycles. The summed E-state index contributed by atoms with van der Waals surface area (Å²) in [5.41, 5.74) is 1.68. The van der Waals surface area contributed by atoms with E-state index in [2.05, 4.69) is 10.3 Å². The predicted molar refractivity (Wildman–Crippen MR) is 119 cm³/mol. The number of aromatic nitrogens is 1. The fraction of sp³-hybridized carbons (Fsp3) is 0.333. The first-order valence-electron chi connectivity index (χ1n) is 9.89. The van der Waals surface area contributed by atoms with Crippen molar-refractivity contribution in [3.63, 3.8) is 0 Å². The summed E-state index contributed by atoms with van der Waals surface area (Å²) in [7, 11) is -3.48. The number of rotatable bonds is 5. The molecule has 1 amide bonds. The van der Waals surface area contributed by atoms with Crippen LogP contribution in [0.5, 0.6) is 0 Å². The van der Waals surface area contributed by atoms with Gasteiger partial charge in [-0.25, -0.2) is 13.4 Å². The van der Waals surface area contributed by atoms with Crippen LogP contribution < -0.4 is 5.32 Å². The van der Waals surface area contributed by atoms with Crippen LogP contribution in [-0.2, 0) is 14.8 Å². The summed E-state index contributed by atoms with van der Waals surface area (Å²) in [6, 6.07) is 12.5. The Labute approximate surface area is 183 Å². The molecule has 6 nitrogen and oxygen atoms in total. The van der Waals surface area contributed by atoms with E-state index in [1.807, 2.05) is 24.3 Å². The fourth-order valence-corrected chi connectivity index (χ4v) is 6.80. The van der Waals surface area contributed by atoms with Crippen molar-refractivity contribution in [3.05, 3.63) is 53.1 Å². The van der Waals surface area contributed by atoms with Gasteiger partial charge in [-0.2, -0.15) is 4.31 Å². The van der Waals surface area contributed by atoms with Gasteiger partial charge in [-0.15, -0.1) is 0 Å². The van der Waals surface area contributed by atoms with Crippen LogP contribution in [0.2, 0.25) is 5.02 Å². The molecule has 156 valence electrons. The van der Waals surface area contributed by atoms with E-state index >= 15 is 0 Å². The highest BCUT2D eigenvalue weighted by Crippen LogP contribution is 2.50. The molecular weight excluding hydrogens is 442 g/mol. The van der Waals surface area contributed by atoms with Crippen LogP contribution in [0.15, 0.2) is 47.4 Å². The van der Waals surface area contributed by atoms with E-state index < -0.39 is 10.0 Å². The van der Waals surface area contributed by atoms with Crippen LogP contribution in [0.1, 0.15) is 30.7 Å². The molecule has 2 fully saturated rings. The molecule has 2 heterocycles. The van der Waals surface area contributed by atoms with Crippen molar-refractivity contribution in [2.45, 2.75) is 30.1 Å². The van der Waals surface area contributed by atoms with Crippen LogP contribution in [-0.4, -0.2) is 36.7 Å². The zero-order valence-electron chi connectivity index (χ0n) is 16.0. The molecule has 0 radical (unpaired) electrons. The third kappa shape index (κ3) is 3.62. The number of amides is 1. The normalized spacial score (nSPS) is 21.8. The summed E-state index contributed by atoms with van der Waals surface area (Å²) in [6.45, 7) is 1.14. The minimum absolute atomic E-state index is 0.0797. The summed E-state index contributed by atoms with van der Waals surface area (Å²) in [5, 5.41) is 4.06. The Kier molecular flexibility index (Phi) is 5.05. The Balaban J connectivity index is 1.32. The van der Waals surface area contributed by atoms with Gasteiger partial charge in [0, 0.05) is 24.0 Å². The molecule has 9 heteroatoms. The van der Waals surface area contributed by atoms with Gasteiger partial charge in [0.1, 0.15) is 0 Å². The van der Waals surface area contributed by atoms with Crippen LogP contribution in [0.4, 0.5) is 5.13 Å². The third-order valence-corrected chi connectivity index (χ3v) is 8.90. The number of carbonyl (C=O) groups is 1. The first kappa shape index (κ1) is 19.9. The van der Waals surface area contributed by atoms with Gasteiger partial charge >= 0.3 is 0 Å². The molecule has 2 aromatic carbocycles. The monoisotopic (exact) mass is 461 g/mol. The lowest BCUT2D eigenvalue weighted by Gasteiger charge is -2.15. The molecule has 2 atom stereocenters. The SMILES string of the molecule is O=C(Nc1nc2ccc(S(=O)(=O)N3CCCC3)cc2s1)C1CC1c1ccccc1Cl. The number of nitrogens with one attached hydrogen (secondary N) is 1. The number of anilines is 1. The average molecular weight is 462 g/mol. The molecule has 0 bridgehead atoms. The maximum absolute atomic E-state index is 12.8. The topological polar surface area (TPSA) is 79.4 Å². The first-order valence-corrected chi connectivity index (χ1v) is 12.5. The minimum atomic E-state index is -3.48.